The van der Waals surface area contributed by atoms with E-state index >= 15 is 0 Å². The van der Waals surface area contributed by atoms with Crippen molar-refractivity contribution in [3.63, 3.8) is 0 Å². The summed E-state index contributed by atoms with van der Waals surface area (Å²) in [6.07, 6.45) is 3.30. The molecule has 0 spiro atoms. The Morgan fingerprint density at radius 3 is 2.47 bits per heavy atom. The van der Waals surface area contributed by atoms with Crippen LogP contribution in [0.4, 0.5) is 4.79 Å². The number of rotatable bonds is 10. The van der Waals surface area contributed by atoms with E-state index in [2.05, 4.69) is 20.6 Å². The molecule has 2 aromatic carbocycles. The number of esters is 1. The number of para-hydroxylation sites is 1. The minimum Gasteiger partial charge on any atom is -0.494 e. The first kappa shape index (κ1) is 30.0. The summed E-state index contributed by atoms with van der Waals surface area (Å²) < 4.78 is 17.2. The van der Waals surface area contributed by atoms with Crippen LogP contribution >= 0.6 is 0 Å². The standard InChI is InChI=1S/C32H37N5O6/c1-2-41-27-15-9-6-12-23(27)20-26(31(39)43-32(40)37-18-16-33-17-19-37)35-30(38)25-21-28(42-24-13-7-8-14-24)36-29(34-25)22-10-4-3-5-11-22/h3-6,9-12,15,21,24,26,33H,2,7-8,13-14,16-20H2,1H3,(H,35,38). The van der Waals surface area contributed by atoms with Crippen LogP contribution in [0.5, 0.6) is 11.6 Å². The summed E-state index contributed by atoms with van der Waals surface area (Å²) in [7, 11) is 0. The van der Waals surface area contributed by atoms with Gasteiger partial charge >= 0.3 is 12.1 Å². The first-order valence-electron chi connectivity index (χ1n) is 14.8. The number of carbonyl (C=O) groups is 3. The van der Waals surface area contributed by atoms with E-state index in [4.69, 9.17) is 14.2 Å². The highest BCUT2D eigenvalue weighted by atomic mass is 16.6. The van der Waals surface area contributed by atoms with Crippen molar-refractivity contribution in [3.8, 4) is 23.0 Å². The highest BCUT2D eigenvalue weighted by molar-refractivity contribution is 5.97. The number of nitrogens with zero attached hydrogens (tertiary/aromatic N) is 3. The molecule has 2 N–H and O–H groups in total. The third-order valence-electron chi connectivity index (χ3n) is 7.41. The molecule has 0 bridgehead atoms. The van der Waals surface area contributed by atoms with Gasteiger partial charge in [0.05, 0.1) is 6.61 Å². The number of hydrogen-bond acceptors (Lipinski definition) is 9. The van der Waals surface area contributed by atoms with Gasteiger partial charge in [0.25, 0.3) is 5.91 Å². The molecular formula is C32H37N5O6. The lowest BCUT2D eigenvalue weighted by Gasteiger charge is -2.27. The second-order valence-corrected chi connectivity index (χ2v) is 10.5. The minimum atomic E-state index is -1.20. The van der Waals surface area contributed by atoms with E-state index < -0.39 is 24.0 Å². The molecule has 2 heterocycles. The Hall–Kier alpha value is -4.51. The molecule has 0 radical (unpaired) electrons. The fraction of sp³-hybridized carbons (Fsp3) is 0.406. The van der Waals surface area contributed by atoms with Gasteiger partial charge in [0.1, 0.15) is 23.6 Å². The van der Waals surface area contributed by atoms with Crippen LogP contribution in [0.1, 0.15) is 48.7 Å². The lowest BCUT2D eigenvalue weighted by atomic mass is 10.0. The van der Waals surface area contributed by atoms with Crippen molar-refractivity contribution in [2.75, 3.05) is 32.8 Å². The number of ether oxygens (including phenoxy) is 3. The van der Waals surface area contributed by atoms with Crippen LogP contribution in [0.3, 0.4) is 0 Å². The molecular weight excluding hydrogens is 550 g/mol. The first-order chi connectivity index (χ1) is 21.0. The Labute approximate surface area is 250 Å². The third-order valence-corrected chi connectivity index (χ3v) is 7.41. The molecule has 43 heavy (non-hydrogen) atoms. The van der Waals surface area contributed by atoms with Crippen LogP contribution < -0.4 is 20.1 Å². The molecule has 2 amide bonds. The normalized spacial score (nSPS) is 15.9. The number of benzene rings is 2. The Bertz CT molecular complexity index is 1410. The van der Waals surface area contributed by atoms with E-state index in [1.54, 1.807) is 12.1 Å². The van der Waals surface area contributed by atoms with Crippen LogP contribution in [0.25, 0.3) is 11.4 Å². The summed E-state index contributed by atoms with van der Waals surface area (Å²) in [6, 6.07) is 16.8. The van der Waals surface area contributed by atoms with Gasteiger partial charge in [0.2, 0.25) is 5.88 Å². The van der Waals surface area contributed by atoms with Gasteiger partial charge in [-0.2, -0.15) is 4.98 Å². The predicted octanol–water partition coefficient (Wildman–Crippen LogP) is 3.77. The fourth-order valence-electron chi connectivity index (χ4n) is 5.18. The lowest BCUT2D eigenvalue weighted by Crippen LogP contribution is -2.49. The maximum atomic E-state index is 13.7. The van der Waals surface area contributed by atoms with Crippen molar-refractivity contribution < 1.29 is 28.6 Å². The number of aromatic nitrogens is 2. The molecule has 3 aromatic rings. The zero-order valence-electron chi connectivity index (χ0n) is 24.3. The van der Waals surface area contributed by atoms with Crippen LogP contribution in [0, 0.1) is 0 Å². The summed E-state index contributed by atoms with van der Waals surface area (Å²) in [6.45, 7) is 4.34. The van der Waals surface area contributed by atoms with Gasteiger partial charge in [-0.3, -0.25) is 4.79 Å². The largest absolute Gasteiger partial charge is 0.494 e. The van der Waals surface area contributed by atoms with E-state index in [-0.39, 0.29) is 18.2 Å². The molecule has 226 valence electrons. The molecule has 11 nitrogen and oxygen atoms in total. The Kier molecular flexibility index (Phi) is 10.2. The van der Waals surface area contributed by atoms with Gasteiger partial charge in [-0.05, 0) is 44.2 Å². The van der Waals surface area contributed by atoms with Gasteiger partial charge in [0, 0.05) is 44.2 Å². The summed E-state index contributed by atoms with van der Waals surface area (Å²) in [5.41, 5.74) is 1.43. The van der Waals surface area contributed by atoms with Crippen molar-refractivity contribution >= 4 is 18.0 Å². The zero-order valence-corrected chi connectivity index (χ0v) is 24.3. The average molecular weight is 588 g/mol. The van der Waals surface area contributed by atoms with Gasteiger partial charge in [0.15, 0.2) is 5.82 Å². The smallest absolute Gasteiger partial charge is 0.417 e. The number of amides is 2. The summed E-state index contributed by atoms with van der Waals surface area (Å²) in [4.78, 5) is 50.5. The Balaban J connectivity index is 1.41. The maximum Gasteiger partial charge on any atom is 0.417 e. The SMILES string of the molecule is CCOc1ccccc1CC(NC(=O)c1cc(OC2CCCC2)nc(-c2ccccc2)n1)C(=O)OC(=O)N1CCNCC1. The Morgan fingerprint density at radius 2 is 1.72 bits per heavy atom. The van der Waals surface area contributed by atoms with E-state index in [0.717, 1.165) is 31.2 Å². The summed E-state index contributed by atoms with van der Waals surface area (Å²) >= 11 is 0. The highest BCUT2D eigenvalue weighted by Crippen LogP contribution is 2.26. The summed E-state index contributed by atoms with van der Waals surface area (Å²) in [5, 5.41) is 5.92. The van der Waals surface area contributed by atoms with Crippen LogP contribution in [-0.4, -0.2) is 77.8 Å². The third kappa shape index (κ3) is 8.07. The molecule has 2 fully saturated rings. The quantitative estimate of drug-likeness (QED) is 0.269. The molecule has 1 saturated heterocycles. The topological polar surface area (TPSA) is 132 Å². The molecule has 1 saturated carbocycles. The minimum absolute atomic E-state index is 0.0169. The van der Waals surface area contributed by atoms with Crippen molar-refractivity contribution in [1.82, 2.24) is 25.5 Å². The second kappa shape index (κ2) is 14.6. The second-order valence-electron chi connectivity index (χ2n) is 10.5. The highest BCUT2D eigenvalue weighted by Gasteiger charge is 2.30. The van der Waals surface area contributed by atoms with Crippen LogP contribution in [0.2, 0.25) is 0 Å². The summed E-state index contributed by atoms with van der Waals surface area (Å²) in [5.74, 6) is -0.299. The molecule has 2 aliphatic rings. The average Bonchev–Trinajstić information content (AvgIpc) is 3.55. The number of piperazine rings is 1. The van der Waals surface area contributed by atoms with Crippen LogP contribution in [0.15, 0.2) is 60.7 Å². The predicted molar refractivity (Wildman–Crippen MR) is 159 cm³/mol. The van der Waals surface area contributed by atoms with E-state index in [1.165, 1.54) is 11.0 Å². The van der Waals surface area contributed by atoms with Crippen molar-refractivity contribution in [1.29, 1.82) is 0 Å². The molecule has 11 heteroatoms. The first-order valence-corrected chi connectivity index (χ1v) is 14.8. The molecule has 1 unspecified atom stereocenters. The van der Waals surface area contributed by atoms with E-state index in [0.29, 0.717) is 55.8 Å². The van der Waals surface area contributed by atoms with Crippen LogP contribution in [-0.2, 0) is 16.0 Å². The lowest BCUT2D eigenvalue weighted by molar-refractivity contribution is -0.140. The van der Waals surface area contributed by atoms with E-state index in [9.17, 15) is 14.4 Å². The molecule has 1 aliphatic heterocycles. The Morgan fingerprint density at radius 1 is 1.00 bits per heavy atom. The number of carbonyl (C=O) groups excluding carboxylic acids is 3. The molecule has 5 rings (SSSR count). The van der Waals surface area contributed by atoms with Crippen molar-refractivity contribution in [2.24, 2.45) is 0 Å². The van der Waals surface area contributed by atoms with Gasteiger partial charge in [-0.1, -0.05) is 48.5 Å². The van der Waals surface area contributed by atoms with Crippen molar-refractivity contribution in [3.05, 3.63) is 71.9 Å². The maximum absolute atomic E-state index is 13.7. The molecule has 1 aromatic heterocycles. The number of nitrogens with one attached hydrogen (secondary N) is 2. The fourth-order valence-corrected chi connectivity index (χ4v) is 5.18. The molecule has 1 aliphatic carbocycles. The monoisotopic (exact) mass is 587 g/mol. The van der Waals surface area contributed by atoms with Crippen molar-refractivity contribution in [2.45, 2.75) is 51.2 Å². The van der Waals surface area contributed by atoms with Gasteiger partial charge in [-0.25, -0.2) is 14.6 Å². The zero-order chi connectivity index (χ0) is 30.0. The molecule has 1 atom stereocenters. The van der Waals surface area contributed by atoms with E-state index in [1.807, 2.05) is 49.4 Å². The van der Waals surface area contributed by atoms with Gasteiger partial charge in [-0.15, -0.1) is 0 Å². The number of hydrogen-bond donors (Lipinski definition) is 2. The van der Waals surface area contributed by atoms with Gasteiger partial charge < -0.3 is 29.7 Å².